The fourth-order valence-corrected chi connectivity index (χ4v) is 4.19. The lowest BCUT2D eigenvalue weighted by atomic mass is 9.98. The van der Waals surface area contributed by atoms with Gasteiger partial charge in [0.2, 0.25) is 0 Å². The maximum absolute atomic E-state index is 9.54. The summed E-state index contributed by atoms with van der Waals surface area (Å²) in [5.74, 6) is 1.61. The minimum Gasteiger partial charge on any atom is -0.496 e. The Morgan fingerprint density at radius 3 is 3.00 bits per heavy atom. The summed E-state index contributed by atoms with van der Waals surface area (Å²) in [4.78, 5) is 11.6. The molecule has 5 heteroatoms. The predicted octanol–water partition coefficient (Wildman–Crippen LogP) is 2.55. The number of methoxy groups -OCH3 is 1. The second-order valence-corrected chi connectivity index (χ2v) is 6.75. The maximum atomic E-state index is 9.54. The van der Waals surface area contributed by atoms with Gasteiger partial charge in [0, 0.05) is 42.4 Å². The summed E-state index contributed by atoms with van der Waals surface area (Å²) in [6.07, 6.45) is 5.42. The highest BCUT2D eigenvalue weighted by Gasteiger charge is 2.40. The van der Waals surface area contributed by atoms with Gasteiger partial charge in [-0.05, 0) is 37.5 Å². The Morgan fingerprint density at radius 2 is 2.21 bits per heavy atom. The van der Waals surface area contributed by atoms with E-state index < -0.39 is 0 Å². The van der Waals surface area contributed by atoms with Crippen LogP contribution < -0.4 is 4.74 Å². The number of hydrogen-bond acceptors (Lipinski definition) is 5. The zero-order valence-electron chi connectivity index (χ0n) is 14.2. The van der Waals surface area contributed by atoms with Crippen LogP contribution in [0.4, 0.5) is 0 Å². The van der Waals surface area contributed by atoms with Crippen LogP contribution in [0.1, 0.15) is 47.1 Å². The van der Waals surface area contributed by atoms with Crippen LogP contribution in [0.5, 0.6) is 5.75 Å². The first-order chi connectivity index (χ1) is 11.7. The normalized spacial score (nSPS) is 22.5. The number of aliphatic hydroxyl groups excluding tert-OH is 1. The van der Waals surface area contributed by atoms with Crippen molar-refractivity contribution in [3.8, 4) is 5.75 Å². The molecule has 24 heavy (non-hydrogen) atoms. The number of nitrogens with zero attached hydrogens (tertiary/aromatic N) is 3. The van der Waals surface area contributed by atoms with Crippen LogP contribution in [0.2, 0.25) is 0 Å². The molecule has 4 rings (SSSR count). The van der Waals surface area contributed by atoms with Gasteiger partial charge in [-0.1, -0.05) is 6.07 Å². The van der Waals surface area contributed by atoms with E-state index in [1.165, 1.54) is 29.7 Å². The summed E-state index contributed by atoms with van der Waals surface area (Å²) < 4.78 is 5.30. The molecule has 2 aromatic rings. The van der Waals surface area contributed by atoms with E-state index in [-0.39, 0.29) is 6.61 Å². The molecule has 0 radical (unpaired) electrons. The van der Waals surface area contributed by atoms with Gasteiger partial charge in [-0.3, -0.25) is 4.90 Å². The summed E-state index contributed by atoms with van der Waals surface area (Å²) in [5.41, 5.74) is 4.59. The molecule has 0 amide bonds. The van der Waals surface area contributed by atoms with Gasteiger partial charge in [-0.15, -0.1) is 0 Å². The fraction of sp³-hybridized carbons (Fsp3) is 0.474. The van der Waals surface area contributed by atoms with Gasteiger partial charge in [-0.25, -0.2) is 9.97 Å². The summed E-state index contributed by atoms with van der Waals surface area (Å²) in [5, 5.41) is 9.54. The zero-order chi connectivity index (χ0) is 16.7. The van der Waals surface area contributed by atoms with Gasteiger partial charge >= 0.3 is 0 Å². The number of rotatable bonds is 4. The predicted molar refractivity (Wildman–Crippen MR) is 90.7 cm³/mol. The summed E-state index contributed by atoms with van der Waals surface area (Å²) in [7, 11) is 1.64. The second kappa shape index (κ2) is 6.15. The van der Waals surface area contributed by atoms with Crippen molar-refractivity contribution in [2.24, 2.45) is 0 Å². The standard InChI is InChI=1S/C19H23N3O2/c1-12-20-9-16-17(21-12)8-15-4-5-18(16)22(15)10-13-3-6-19(24-2)14(7-13)11-23/h3,6-7,9,15,18,23H,4-5,8,10-11H2,1-2H3/t15-,18-/m1/s1. The monoisotopic (exact) mass is 325 g/mol. The highest BCUT2D eigenvalue weighted by molar-refractivity contribution is 5.37. The van der Waals surface area contributed by atoms with Crippen LogP contribution in [-0.2, 0) is 19.6 Å². The Labute approximate surface area is 142 Å². The highest BCUT2D eigenvalue weighted by Crippen LogP contribution is 2.43. The lowest BCUT2D eigenvalue weighted by molar-refractivity contribution is 0.166. The van der Waals surface area contributed by atoms with E-state index in [1.54, 1.807) is 7.11 Å². The average molecular weight is 325 g/mol. The largest absolute Gasteiger partial charge is 0.496 e. The van der Waals surface area contributed by atoms with Crippen LogP contribution in [0.3, 0.4) is 0 Å². The number of aromatic nitrogens is 2. The minimum atomic E-state index is -0.000178. The van der Waals surface area contributed by atoms with Crippen molar-refractivity contribution in [1.82, 2.24) is 14.9 Å². The third kappa shape index (κ3) is 2.58. The molecule has 126 valence electrons. The third-order valence-corrected chi connectivity index (χ3v) is 5.33. The molecular formula is C19H23N3O2. The quantitative estimate of drug-likeness (QED) is 0.936. The first-order valence-corrected chi connectivity index (χ1v) is 8.54. The molecule has 2 atom stereocenters. The molecular weight excluding hydrogens is 302 g/mol. The molecule has 2 bridgehead atoms. The van der Waals surface area contributed by atoms with Gasteiger partial charge in [0.15, 0.2) is 0 Å². The van der Waals surface area contributed by atoms with Crippen molar-refractivity contribution in [2.45, 2.75) is 51.4 Å². The van der Waals surface area contributed by atoms with Crippen LogP contribution >= 0.6 is 0 Å². The molecule has 2 aliphatic heterocycles. The number of ether oxygens (including phenoxy) is 1. The number of aryl methyl sites for hydroxylation is 1. The van der Waals surface area contributed by atoms with Gasteiger partial charge in [0.05, 0.1) is 19.4 Å². The second-order valence-electron chi connectivity index (χ2n) is 6.75. The molecule has 0 aliphatic carbocycles. The van der Waals surface area contributed by atoms with E-state index in [0.717, 1.165) is 30.1 Å². The number of benzene rings is 1. The summed E-state index contributed by atoms with van der Waals surface area (Å²) in [6.45, 7) is 2.85. The SMILES string of the molecule is COc1ccc(CN2[C@@H]3CC[C@@H]2c2cnc(C)nc2C3)cc1CO. The van der Waals surface area contributed by atoms with E-state index in [4.69, 9.17) is 4.74 Å². The van der Waals surface area contributed by atoms with E-state index >= 15 is 0 Å². The van der Waals surface area contributed by atoms with Crippen molar-refractivity contribution >= 4 is 0 Å². The molecule has 1 fully saturated rings. The Morgan fingerprint density at radius 1 is 1.33 bits per heavy atom. The Bertz CT molecular complexity index is 762. The number of fused-ring (bicyclic) bond motifs is 4. The van der Waals surface area contributed by atoms with Gasteiger partial charge in [0.1, 0.15) is 11.6 Å². The van der Waals surface area contributed by atoms with E-state index in [2.05, 4.69) is 27.0 Å². The van der Waals surface area contributed by atoms with E-state index in [1.807, 2.05) is 19.2 Å². The van der Waals surface area contributed by atoms with Gasteiger partial charge < -0.3 is 9.84 Å². The van der Waals surface area contributed by atoms with Crippen molar-refractivity contribution in [3.05, 3.63) is 52.6 Å². The Hall–Kier alpha value is -1.98. The number of hydrogen-bond donors (Lipinski definition) is 1. The van der Waals surface area contributed by atoms with E-state index in [0.29, 0.717) is 12.1 Å². The van der Waals surface area contributed by atoms with Crippen molar-refractivity contribution in [3.63, 3.8) is 0 Å². The molecule has 2 aliphatic rings. The van der Waals surface area contributed by atoms with Crippen LogP contribution in [0, 0.1) is 6.92 Å². The van der Waals surface area contributed by atoms with Crippen LogP contribution in [0.25, 0.3) is 0 Å². The third-order valence-electron chi connectivity index (χ3n) is 5.33. The van der Waals surface area contributed by atoms with Gasteiger partial charge in [0.25, 0.3) is 0 Å². The molecule has 1 N–H and O–H groups in total. The number of aliphatic hydroxyl groups is 1. The minimum absolute atomic E-state index is 0.000178. The zero-order valence-corrected chi connectivity index (χ0v) is 14.2. The Balaban J connectivity index is 1.61. The average Bonchev–Trinajstić information content (AvgIpc) is 2.87. The summed E-state index contributed by atoms with van der Waals surface area (Å²) in [6, 6.07) is 7.07. The topological polar surface area (TPSA) is 58.5 Å². The molecule has 0 spiro atoms. The molecule has 0 saturated carbocycles. The van der Waals surface area contributed by atoms with Crippen molar-refractivity contribution in [2.75, 3.05) is 7.11 Å². The summed E-state index contributed by atoms with van der Waals surface area (Å²) >= 11 is 0. The molecule has 5 nitrogen and oxygen atoms in total. The first-order valence-electron chi connectivity index (χ1n) is 8.54. The molecule has 1 aromatic heterocycles. The van der Waals surface area contributed by atoms with Crippen LogP contribution in [0.15, 0.2) is 24.4 Å². The molecule has 1 aromatic carbocycles. The van der Waals surface area contributed by atoms with Crippen molar-refractivity contribution < 1.29 is 9.84 Å². The smallest absolute Gasteiger partial charge is 0.125 e. The first kappa shape index (κ1) is 15.5. The fourth-order valence-electron chi connectivity index (χ4n) is 4.19. The van der Waals surface area contributed by atoms with Gasteiger partial charge in [-0.2, -0.15) is 0 Å². The molecule has 0 unspecified atom stereocenters. The van der Waals surface area contributed by atoms with Crippen molar-refractivity contribution in [1.29, 1.82) is 0 Å². The Kier molecular flexibility index (Phi) is 3.98. The lowest BCUT2D eigenvalue weighted by Crippen LogP contribution is -2.37. The molecule has 3 heterocycles. The highest BCUT2D eigenvalue weighted by atomic mass is 16.5. The maximum Gasteiger partial charge on any atom is 0.125 e. The van der Waals surface area contributed by atoms with E-state index in [9.17, 15) is 5.11 Å². The molecule has 1 saturated heterocycles. The van der Waals surface area contributed by atoms with Crippen LogP contribution in [-0.4, -0.2) is 33.1 Å². The lowest BCUT2D eigenvalue weighted by Gasteiger charge is -2.35.